The number of rotatable bonds is 10. The molecule has 0 aliphatic carbocycles. The van der Waals surface area contributed by atoms with Gasteiger partial charge in [-0.05, 0) is 12.8 Å². The molecule has 0 unspecified atom stereocenters. The summed E-state index contributed by atoms with van der Waals surface area (Å²) in [5, 5.41) is 11.4. The Morgan fingerprint density at radius 3 is 2.82 bits per heavy atom. The van der Waals surface area contributed by atoms with Crippen molar-refractivity contribution in [2.75, 3.05) is 34.0 Å². The van der Waals surface area contributed by atoms with Gasteiger partial charge in [-0.1, -0.05) is 5.21 Å². The Bertz CT molecular complexity index is 264. The third kappa shape index (κ3) is 6.35. The lowest BCUT2D eigenvalue weighted by Gasteiger charge is -2.00. The molecule has 1 N–H and O–H groups in total. The molecule has 0 fully saturated rings. The van der Waals surface area contributed by atoms with Crippen LogP contribution in [0.5, 0.6) is 0 Å². The quantitative estimate of drug-likeness (QED) is 0.603. The molecule has 0 saturated heterocycles. The van der Waals surface area contributed by atoms with Gasteiger partial charge in [-0.3, -0.25) is 4.68 Å². The van der Waals surface area contributed by atoms with E-state index in [4.69, 9.17) is 9.47 Å². The van der Waals surface area contributed by atoms with E-state index in [2.05, 4.69) is 15.6 Å². The fraction of sp³-hybridized carbons (Fsp3) is 0.818. The molecule has 0 saturated carbocycles. The number of hydrogen-bond acceptors (Lipinski definition) is 5. The van der Waals surface area contributed by atoms with Crippen LogP contribution in [0.2, 0.25) is 0 Å². The van der Waals surface area contributed by atoms with Crippen LogP contribution in [-0.4, -0.2) is 49.0 Å². The molecule has 17 heavy (non-hydrogen) atoms. The van der Waals surface area contributed by atoms with Gasteiger partial charge in [0.05, 0.1) is 12.3 Å². The lowest BCUT2D eigenvalue weighted by atomic mass is 10.3. The molecule has 0 amide bonds. The zero-order valence-corrected chi connectivity index (χ0v) is 10.7. The van der Waals surface area contributed by atoms with Gasteiger partial charge < -0.3 is 14.8 Å². The first kappa shape index (κ1) is 14.1. The van der Waals surface area contributed by atoms with E-state index >= 15 is 0 Å². The van der Waals surface area contributed by atoms with Crippen LogP contribution in [0.25, 0.3) is 0 Å². The van der Waals surface area contributed by atoms with Crippen LogP contribution in [0.4, 0.5) is 0 Å². The van der Waals surface area contributed by atoms with Crippen molar-refractivity contribution in [2.45, 2.75) is 25.9 Å². The van der Waals surface area contributed by atoms with Crippen LogP contribution in [0.1, 0.15) is 18.5 Å². The summed E-state index contributed by atoms with van der Waals surface area (Å²) in [6.07, 6.45) is 4.10. The molecule has 1 heterocycles. The molecule has 6 heteroatoms. The van der Waals surface area contributed by atoms with Gasteiger partial charge in [0, 0.05) is 46.7 Å². The van der Waals surface area contributed by atoms with Crippen LogP contribution >= 0.6 is 0 Å². The lowest BCUT2D eigenvalue weighted by molar-refractivity contribution is 0.191. The predicted octanol–water partition coefficient (Wildman–Crippen LogP) is 0.441. The number of aryl methyl sites for hydroxylation is 1. The Morgan fingerprint density at radius 2 is 2.06 bits per heavy atom. The summed E-state index contributed by atoms with van der Waals surface area (Å²) < 4.78 is 11.8. The Kier molecular flexibility index (Phi) is 7.53. The zero-order chi connectivity index (χ0) is 12.3. The van der Waals surface area contributed by atoms with Crippen LogP contribution in [-0.2, 0) is 22.6 Å². The molecule has 98 valence electrons. The largest absolute Gasteiger partial charge is 0.385 e. The van der Waals surface area contributed by atoms with Gasteiger partial charge in [0.25, 0.3) is 0 Å². The van der Waals surface area contributed by atoms with Crippen molar-refractivity contribution >= 4 is 0 Å². The first-order valence-corrected chi connectivity index (χ1v) is 5.94. The minimum absolute atomic E-state index is 0.713. The van der Waals surface area contributed by atoms with Crippen molar-refractivity contribution in [1.82, 2.24) is 20.3 Å². The Hall–Kier alpha value is -0.980. The summed E-state index contributed by atoms with van der Waals surface area (Å²) in [5.74, 6) is 0. The van der Waals surface area contributed by atoms with Gasteiger partial charge in [-0.15, -0.1) is 5.10 Å². The van der Waals surface area contributed by atoms with Crippen molar-refractivity contribution in [3.63, 3.8) is 0 Å². The average Bonchev–Trinajstić information content (AvgIpc) is 2.78. The summed E-state index contributed by atoms with van der Waals surface area (Å²) in [6, 6.07) is 0. The predicted molar refractivity (Wildman–Crippen MR) is 64.7 cm³/mol. The molecule has 1 aromatic heterocycles. The summed E-state index contributed by atoms with van der Waals surface area (Å²) in [7, 11) is 3.41. The Morgan fingerprint density at radius 1 is 1.24 bits per heavy atom. The van der Waals surface area contributed by atoms with Crippen molar-refractivity contribution in [2.24, 2.45) is 0 Å². The van der Waals surface area contributed by atoms with Crippen molar-refractivity contribution in [3.05, 3.63) is 11.9 Å². The topological polar surface area (TPSA) is 61.2 Å². The first-order chi connectivity index (χ1) is 8.36. The Balaban J connectivity index is 2.14. The van der Waals surface area contributed by atoms with Gasteiger partial charge in [0.15, 0.2) is 0 Å². The molecule has 0 aromatic carbocycles. The van der Waals surface area contributed by atoms with Gasteiger partial charge in [-0.25, -0.2) is 0 Å². The molecule has 0 radical (unpaired) electrons. The van der Waals surface area contributed by atoms with Crippen LogP contribution in [0.3, 0.4) is 0 Å². The van der Waals surface area contributed by atoms with Crippen molar-refractivity contribution in [3.8, 4) is 0 Å². The van der Waals surface area contributed by atoms with E-state index in [0.29, 0.717) is 6.61 Å². The van der Waals surface area contributed by atoms with E-state index in [1.165, 1.54) is 0 Å². The second kappa shape index (κ2) is 9.09. The molecule has 0 bridgehead atoms. The fourth-order valence-electron chi connectivity index (χ4n) is 1.44. The van der Waals surface area contributed by atoms with Crippen molar-refractivity contribution in [1.29, 1.82) is 0 Å². The second-order valence-electron chi connectivity index (χ2n) is 3.84. The second-order valence-corrected chi connectivity index (χ2v) is 3.84. The third-order valence-electron chi connectivity index (χ3n) is 2.36. The van der Waals surface area contributed by atoms with Crippen molar-refractivity contribution < 1.29 is 9.47 Å². The molecule has 0 spiro atoms. The maximum Gasteiger partial charge on any atom is 0.0964 e. The molecule has 0 aliphatic rings. The minimum atomic E-state index is 0.713. The van der Waals surface area contributed by atoms with Crippen LogP contribution in [0.15, 0.2) is 6.20 Å². The highest BCUT2D eigenvalue weighted by molar-refractivity contribution is 4.91. The zero-order valence-electron chi connectivity index (χ0n) is 10.7. The smallest absolute Gasteiger partial charge is 0.0964 e. The molecule has 1 aromatic rings. The number of methoxy groups -OCH3 is 2. The Labute approximate surface area is 102 Å². The van der Waals surface area contributed by atoms with E-state index < -0.39 is 0 Å². The minimum Gasteiger partial charge on any atom is -0.385 e. The molecule has 1 rings (SSSR count). The standard InChI is InChI=1S/C11H22N4O2/c1-16-7-4-3-6-15-10-11(13-14-15)9-12-5-8-17-2/h10,12H,3-9H2,1-2H3. The number of aromatic nitrogens is 3. The van der Waals surface area contributed by atoms with E-state index in [-0.39, 0.29) is 0 Å². The van der Waals surface area contributed by atoms with E-state index in [1.807, 2.05) is 10.9 Å². The highest BCUT2D eigenvalue weighted by atomic mass is 16.5. The summed E-state index contributed by atoms with van der Waals surface area (Å²) in [4.78, 5) is 0. The van der Waals surface area contributed by atoms with E-state index in [9.17, 15) is 0 Å². The summed E-state index contributed by atoms with van der Waals surface area (Å²) >= 11 is 0. The molecular formula is C11H22N4O2. The lowest BCUT2D eigenvalue weighted by Crippen LogP contribution is -2.18. The molecule has 6 nitrogen and oxygen atoms in total. The SMILES string of the molecule is COCCCCn1cc(CNCCOC)nn1. The van der Waals surface area contributed by atoms with E-state index in [1.54, 1.807) is 14.2 Å². The highest BCUT2D eigenvalue weighted by Crippen LogP contribution is 1.97. The van der Waals surface area contributed by atoms with Gasteiger partial charge in [0.1, 0.15) is 0 Å². The van der Waals surface area contributed by atoms with Crippen LogP contribution in [0, 0.1) is 0 Å². The molecular weight excluding hydrogens is 220 g/mol. The average molecular weight is 242 g/mol. The maximum absolute atomic E-state index is 4.99. The summed E-state index contributed by atoms with van der Waals surface area (Å²) in [6.45, 7) is 3.98. The number of nitrogens with one attached hydrogen (secondary N) is 1. The van der Waals surface area contributed by atoms with E-state index in [0.717, 1.165) is 44.8 Å². The molecule has 0 aliphatic heterocycles. The highest BCUT2D eigenvalue weighted by Gasteiger charge is 1.99. The maximum atomic E-state index is 4.99. The monoisotopic (exact) mass is 242 g/mol. The summed E-state index contributed by atoms with van der Waals surface area (Å²) in [5.41, 5.74) is 0.966. The number of nitrogens with zero attached hydrogens (tertiary/aromatic N) is 3. The first-order valence-electron chi connectivity index (χ1n) is 5.94. The molecule has 0 atom stereocenters. The van der Waals surface area contributed by atoms with Crippen LogP contribution < -0.4 is 5.32 Å². The van der Waals surface area contributed by atoms with Gasteiger partial charge in [-0.2, -0.15) is 0 Å². The van der Waals surface area contributed by atoms with Gasteiger partial charge in [0.2, 0.25) is 0 Å². The van der Waals surface area contributed by atoms with Gasteiger partial charge >= 0.3 is 0 Å². The normalized spacial score (nSPS) is 10.9. The fourth-order valence-corrected chi connectivity index (χ4v) is 1.44. The number of hydrogen-bond donors (Lipinski definition) is 1. The number of ether oxygens (including phenoxy) is 2. The number of unbranched alkanes of at least 4 members (excludes halogenated alkanes) is 1. The third-order valence-corrected chi connectivity index (χ3v) is 2.36.